The van der Waals surface area contributed by atoms with Crippen LogP contribution in [-0.4, -0.2) is 78.5 Å². The van der Waals surface area contributed by atoms with Crippen molar-refractivity contribution in [3.63, 3.8) is 0 Å². The lowest BCUT2D eigenvalue weighted by Gasteiger charge is -2.31. The van der Waals surface area contributed by atoms with Crippen LogP contribution in [0.25, 0.3) is 0 Å². The molecule has 0 fully saturated rings. The largest absolute Gasteiger partial charge is 0.756 e. The Bertz CT molecular complexity index is 1450. The van der Waals surface area contributed by atoms with Gasteiger partial charge < -0.3 is 46.8 Å². The van der Waals surface area contributed by atoms with Gasteiger partial charge in [-0.05, 0) is 79.4 Å². The first-order valence-electron chi connectivity index (χ1n) is 16.7. The Kier molecular flexibility index (Phi) is 19.9. The number of phosphoric acid groups is 2. The molecule has 54 heavy (non-hydrogen) atoms. The Morgan fingerprint density at radius 3 is 1.26 bits per heavy atom. The van der Waals surface area contributed by atoms with E-state index in [2.05, 4.69) is 50.0 Å². The van der Waals surface area contributed by atoms with Gasteiger partial charge in [0.1, 0.15) is 39.6 Å². The van der Waals surface area contributed by atoms with Crippen LogP contribution in [0.15, 0.2) is 18.2 Å². The van der Waals surface area contributed by atoms with Gasteiger partial charge in [0, 0.05) is 11.6 Å². The third kappa shape index (κ3) is 17.8. The monoisotopic (exact) mass is 936 g/mol. The number of rotatable bonds is 25. The summed E-state index contributed by atoms with van der Waals surface area (Å²) in [4.78, 5) is 87.2. The van der Waals surface area contributed by atoms with Crippen molar-refractivity contribution in [3.05, 3.63) is 23.8 Å². The predicted molar refractivity (Wildman–Crippen MR) is 196 cm³/mol. The van der Waals surface area contributed by atoms with Crippen LogP contribution >= 0.6 is 47.5 Å². The van der Waals surface area contributed by atoms with Crippen LogP contribution in [0, 0.1) is 10.8 Å². The van der Waals surface area contributed by atoms with E-state index >= 15 is 0 Å². The molecule has 0 N–H and O–H groups in total. The SMILES string of the molecule is CCCOP(=O)([O-])OCCOC(=O)C(C)(Br)CC(C)(C)C(=O)Oc1cc(C=O)cc(OC(=O)C(C)(C)CC(C)(Br)C(=O)OCCOP(=O)([O-])OCCC)c1. The molecule has 4 unspecified atom stereocenters. The zero-order chi connectivity index (χ0) is 41.6. The highest BCUT2D eigenvalue weighted by Gasteiger charge is 2.44. The summed E-state index contributed by atoms with van der Waals surface area (Å²) in [6.07, 6.45) is 1.03. The number of esters is 4. The summed E-state index contributed by atoms with van der Waals surface area (Å²) < 4.78 is 60.3. The van der Waals surface area contributed by atoms with Crippen LogP contribution in [0.4, 0.5) is 0 Å². The minimum Gasteiger partial charge on any atom is -0.756 e. The van der Waals surface area contributed by atoms with Gasteiger partial charge in [-0.2, -0.15) is 0 Å². The molecule has 0 amide bonds. The Labute approximate surface area is 331 Å². The van der Waals surface area contributed by atoms with E-state index in [4.69, 9.17) is 18.9 Å². The summed E-state index contributed by atoms with van der Waals surface area (Å²) in [5.74, 6) is -3.58. The minimum absolute atomic E-state index is 0.00333. The lowest BCUT2D eigenvalue weighted by molar-refractivity contribution is -0.227. The fraction of sp³-hybridized carbons (Fsp3) is 0.667. The van der Waals surface area contributed by atoms with Gasteiger partial charge in [0.25, 0.3) is 15.6 Å². The zero-order valence-corrected chi connectivity index (χ0v) is 36.4. The van der Waals surface area contributed by atoms with E-state index in [0.717, 1.165) is 0 Å². The molecule has 0 radical (unpaired) electrons. The van der Waals surface area contributed by atoms with E-state index in [1.54, 1.807) is 13.8 Å². The van der Waals surface area contributed by atoms with Crippen LogP contribution in [0.5, 0.6) is 11.5 Å². The number of benzene rings is 1. The highest BCUT2D eigenvalue weighted by Crippen LogP contribution is 2.41. The van der Waals surface area contributed by atoms with Gasteiger partial charge in [-0.3, -0.25) is 33.1 Å². The first-order valence-corrected chi connectivity index (χ1v) is 21.2. The predicted octanol–water partition coefficient (Wildman–Crippen LogP) is 5.36. The summed E-state index contributed by atoms with van der Waals surface area (Å²) >= 11 is 6.54. The maximum atomic E-state index is 13.3. The van der Waals surface area contributed by atoms with Crippen molar-refractivity contribution in [3.8, 4) is 11.5 Å². The molecule has 17 nitrogen and oxygen atoms in total. The second-order valence-corrected chi connectivity index (χ2v) is 20.0. The van der Waals surface area contributed by atoms with Crippen LogP contribution in [0.2, 0.25) is 0 Å². The molecule has 1 aromatic carbocycles. The Hall–Kier alpha value is -2.05. The van der Waals surface area contributed by atoms with Gasteiger partial charge in [0.05, 0.1) is 37.3 Å². The molecule has 0 saturated carbocycles. The van der Waals surface area contributed by atoms with Gasteiger partial charge in [0.2, 0.25) is 0 Å². The molecule has 0 aliphatic heterocycles. The number of carbonyl (C=O) groups is 5. The molecular formula is C33H48Br2O17P2-2. The van der Waals surface area contributed by atoms with Crippen molar-refractivity contribution in [1.82, 2.24) is 0 Å². The van der Waals surface area contributed by atoms with Gasteiger partial charge in [0.15, 0.2) is 0 Å². The van der Waals surface area contributed by atoms with Gasteiger partial charge in [-0.15, -0.1) is 0 Å². The van der Waals surface area contributed by atoms with E-state index in [0.29, 0.717) is 19.1 Å². The van der Waals surface area contributed by atoms with Crippen molar-refractivity contribution < 1.29 is 79.9 Å². The molecule has 0 aromatic heterocycles. The number of halogens is 2. The number of hydrogen-bond donors (Lipinski definition) is 0. The van der Waals surface area contributed by atoms with E-state index in [-0.39, 0.29) is 43.1 Å². The molecular weight excluding hydrogens is 890 g/mol. The van der Waals surface area contributed by atoms with Gasteiger partial charge in [-0.1, -0.05) is 45.7 Å². The van der Waals surface area contributed by atoms with Crippen LogP contribution < -0.4 is 19.3 Å². The second kappa shape index (κ2) is 21.5. The fourth-order valence-electron chi connectivity index (χ4n) is 4.57. The Balaban J connectivity index is 2.90. The Morgan fingerprint density at radius 2 is 0.944 bits per heavy atom. The minimum atomic E-state index is -4.54. The smallest absolute Gasteiger partial charge is 0.322 e. The number of ether oxygens (including phenoxy) is 4. The molecule has 0 heterocycles. The molecule has 21 heteroatoms. The highest BCUT2D eigenvalue weighted by atomic mass is 79.9. The normalized spacial score (nSPS) is 16.4. The van der Waals surface area contributed by atoms with E-state index in [9.17, 15) is 42.9 Å². The fourth-order valence-corrected chi connectivity index (χ4v) is 7.76. The maximum Gasteiger partial charge on any atom is 0.322 e. The van der Waals surface area contributed by atoms with Crippen LogP contribution in [0.3, 0.4) is 0 Å². The third-order valence-electron chi connectivity index (χ3n) is 7.00. The van der Waals surface area contributed by atoms with E-state index in [1.165, 1.54) is 59.7 Å². The van der Waals surface area contributed by atoms with Crippen LogP contribution in [0.1, 0.15) is 91.4 Å². The lowest BCUT2D eigenvalue weighted by Crippen LogP contribution is -2.41. The van der Waals surface area contributed by atoms with Gasteiger partial charge in [-0.25, -0.2) is 0 Å². The summed E-state index contributed by atoms with van der Waals surface area (Å²) in [7, 11) is -9.08. The van der Waals surface area contributed by atoms with Crippen molar-refractivity contribution in [2.75, 3.05) is 39.6 Å². The van der Waals surface area contributed by atoms with Crippen molar-refractivity contribution >= 4 is 77.7 Å². The number of alkyl halides is 2. The van der Waals surface area contributed by atoms with E-state index in [1.807, 2.05) is 0 Å². The molecule has 0 saturated heterocycles. The zero-order valence-electron chi connectivity index (χ0n) is 31.5. The molecule has 308 valence electrons. The maximum absolute atomic E-state index is 13.3. The van der Waals surface area contributed by atoms with E-state index < -0.39 is 85.4 Å². The topological polar surface area (TPSA) is 239 Å². The first kappa shape index (κ1) is 50.0. The second-order valence-electron chi connectivity index (χ2n) is 13.6. The summed E-state index contributed by atoms with van der Waals surface area (Å²) in [5, 5.41) is 0. The average molecular weight is 938 g/mol. The highest BCUT2D eigenvalue weighted by molar-refractivity contribution is 9.10. The summed E-state index contributed by atoms with van der Waals surface area (Å²) in [5.41, 5.74) is -2.70. The lowest BCUT2D eigenvalue weighted by atomic mass is 9.83. The summed E-state index contributed by atoms with van der Waals surface area (Å²) in [6, 6.07) is 3.68. The third-order valence-corrected chi connectivity index (χ3v) is 10.2. The molecule has 4 atom stereocenters. The number of hydrogen-bond acceptors (Lipinski definition) is 17. The molecule has 0 spiro atoms. The summed E-state index contributed by atoms with van der Waals surface area (Å²) in [6.45, 7) is 10.4. The molecule has 0 aliphatic carbocycles. The van der Waals surface area contributed by atoms with Crippen molar-refractivity contribution in [2.45, 2.75) is 89.7 Å². The molecule has 1 rings (SSSR count). The van der Waals surface area contributed by atoms with Gasteiger partial charge >= 0.3 is 23.9 Å². The van der Waals surface area contributed by atoms with Crippen LogP contribution in [-0.2, 0) is 55.9 Å². The Morgan fingerprint density at radius 1 is 0.611 bits per heavy atom. The number of carbonyl (C=O) groups excluding carboxylic acids is 5. The van der Waals surface area contributed by atoms with Crippen molar-refractivity contribution in [1.29, 1.82) is 0 Å². The quantitative estimate of drug-likeness (QED) is 0.0299. The molecule has 0 aliphatic rings. The van der Waals surface area contributed by atoms with Crippen molar-refractivity contribution in [2.24, 2.45) is 10.8 Å². The molecule has 0 bridgehead atoms. The first-order chi connectivity index (χ1) is 24.7. The standard InChI is InChI=1S/C33H50Br2O17P2/c1-9-11-47-53(41,42)49-15-13-45-28(39)32(7,34)21-30(3,4)26(37)51-24-17-23(20-36)18-25(19-24)52-27(38)31(5,6)22-33(8,35)29(40)46-14-16-50-54(43,44)48-12-10-2/h17-20H,9-16,21-22H2,1-8H3,(H,41,42)(H,43,44)/p-2. The number of phosphoric ester groups is 2. The molecule has 1 aromatic rings. The average Bonchev–Trinajstić information content (AvgIpc) is 3.05. The number of aldehydes is 1.